The highest BCUT2D eigenvalue weighted by molar-refractivity contribution is 7.71. The van der Waals surface area contributed by atoms with Gasteiger partial charge in [-0.25, -0.2) is 5.10 Å². The zero-order valence-corrected chi connectivity index (χ0v) is 9.27. The van der Waals surface area contributed by atoms with Crippen LogP contribution in [0.25, 0.3) is 0 Å². The van der Waals surface area contributed by atoms with E-state index in [1.807, 2.05) is 0 Å². The number of nitro groups is 1. The fraction of sp³-hybridized carbons (Fsp3) is 0.111. The average Bonchev–Trinajstić information content (AvgIpc) is 2.73. The number of nitrogens with zero attached hydrogens (tertiary/aromatic N) is 2. The van der Waals surface area contributed by atoms with Crippen molar-refractivity contribution < 1.29 is 14.1 Å². The molecule has 0 aliphatic carbocycles. The fourth-order valence-corrected chi connectivity index (χ4v) is 1.33. The molecular weight excluding hydrogens is 246 g/mol. The van der Waals surface area contributed by atoms with E-state index < -0.39 is 4.92 Å². The summed E-state index contributed by atoms with van der Waals surface area (Å²) < 4.78 is 10.2. The summed E-state index contributed by atoms with van der Waals surface area (Å²) in [5.41, 5.74) is -0.110. The Hall–Kier alpha value is -2.22. The quantitative estimate of drug-likeness (QED) is 0.510. The van der Waals surface area contributed by atoms with Crippen molar-refractivity contribution in [1.82, 2.24) is 10.2 Å². The van der Waals surface area contributed by atoms with Gasteiger partial charge in [-0.05, 0) is 18.3 Å². The third-order valence-electron chi connectivity index (χ3n) is 1.90. The van der Waals surface area contributed by atoms with Gasteiger partial charge in [0.1, 0.15) is 0 Å². The number of rotatable bonds is 4. The molecule has 2 rings (SSSR count). The van der Waals surface area contributed by atoms with Gasteiger partial charge in [-0.1, -0.05) is 12.1 Å². The Balaban J connectivity index is 2.14. The molecule has 0 atom stereocenters. The highest BCUT2D eigenvalue weighted by Gasteiger charge is 2.14. The van der Waals surface area contributed by atoms with Gasteiger partial charge < -0.3 is 9.15 Å². The predicted molar refractivity (Wildman–Crippen MR) is 59.1 cm³/mol. The number of nitrogens with one attached hydrogen (secondary N) is 1. The van der Waals surface area contributed by atoms with Crippen LogP contribution in [0.4, 0.5) is 5.69 Å². The lowest BCUT2D eigenvalue weighted by Gasteiger charge is -2.03. The normalized spacial score (nSPS) is 10.1. The molecule has 1 N–H and O–H groups in total. The van der Waals surface area contributed by atoms with E-state index in [2.05, 4.69) is 22.4 Å². The van der Waals surface area contributed by atoms with Gasteiger partial charge in [0.2, 0.25) is 0 Å². The van der Waals surface area contributed by atoms with Gasteiger partial charge in [-0.15, -0.1) is 5.10 Å². The van der Waals surface area contributed by atoms with Crippen molar-refractivity contribution in [3.63, 3.8) is 0 Å². The van der Waals surface area contributed by atoms with Gasteiger partial charge in [0, 0.05) is 6.07 Å². The second-order valence-electron chi connectivity index (χ2n) is 3.02. The third-order valence-corrected chi connectivity index (χ3v) is 2.07. The molecular formula is C9H7N3O4S. The zero-order chi connectivity index (χ0) is 12.3. The fourth-order valence-electron chi connectivity index (χ4n) is 1.19. The van der Waals surface area contributed by atoms with Crippen molar-refractivity contribution in [2.75, 3.05) is 0 Å². The van der Waals surface area contributed by atoms with Crippen LogP contribution >= 0.6 is 12.2 Å². The number of H-pyrrole nitrogens is 1. The van der Waals surface area contributed by atoms with Crippen LogP contribution in [0.2, 0.25) is 0 Å². The number of para-hydroxylation sites is 2. The van der Waals surface area contributed by atoms with Crippen molar-refractivity contribution in [3.05, 3.63) is 45.1 Å². The predicted octanol–water partition coefficient (Wildman–Crippen LogP) is 2.22. The highest BCUT2D eigenvalue weighted by Crippen LogP contribution is 2.26. The summed E-state index contributed by atoms with van der Waals surface area (Å²) >= 11 is 4.68. The Kier molecular flexibility index (Phi) is 3.15. The molecule has 17 heavy (non-hydrogen) atoms. The monoisotopic (exact) mass is 253 g/mol. The van der Waals surface area contributed by atoms with E-state index in [0.29, 0.717) is 0 Å². The van der Waals surface area contributed by atoms with Crippen LogP contribution in [0.1, 0.15) is 5.89 Å². The van der Waals surface area contributed by atoms with Crippen molar-refractivity contribution in [1.29, 1.82) is 0 Å². The lowest BCUT2D eigenvalue weighted by atomic mass is 10.3. The van der Waals surface area contributed by atoms with Crippen molar-refractivity contribution >= 4 is 17.9 Å². The van der Waals surface area contributed by atoms with E-state index in [1.165, 1.54) is 12.1 Å². The van der Waals surface area contributed by atoms with Crippen LogP contribution in [0.3, 0.4) is 0 Å². The number of ether oxygens (including phenoxy) is 1. The minimum absolute atomic E-state index is 0.0298. The van der Waals surface area contributed by atoms with Crippen LogP contribution in [-0.2, 0) is 6.61 Å². The summed E-state index contributed by atoms with van der Waals surface area (Å²) in [6.07, 6.45) is 0. The number of nitro benzene ring substituents is 1. The van der Waals surface area contributed by atoms with Gasteiger partial charge in [-0.2, -0.15) is 0 Å². The SMILES string of the molecule is O=[N+]([O-])c1ccccc1OCc1n[nH]c(=S)o1. The van der Waals surface area contributed by atoms with Crippen LogP contribution in [0.15, 0.2) is 28.7 Å². The second-order valence-corrected chi connectivity index (χ2v) is 3.39. The number of hydrogen-bond acceptors (Lipinski definition) is 6. The summed E-state index contributed by atoms with van der Waals surface area (Å²) in [5.74, 6) is 0.384. The van der Waals surface area contributed by atoms with E-state index in [0.717, 1.165) is 0 Å². The molecule has 1 aromatic carbocycles. The topological polar surface area (TPSA) is 94.2 Å². The Labute approximate surface area is 100 Å². The molecule has 0 radical (unpaired) electrons. The molecule has 1 heterocycles. The Morgan fingerprint density at radius 3 is 2.94 bits per heavy atom. The molecule has 0 unspecified atom stereocenters. The van der Waals surface area contributed by atoms with Gasteiger partial charge in [0.25, 0.3) is 10.7 Å². The maximum Gasteiger partial charge on any atom is 0.310 e. The molecule has 8 heteroatoms. The largest absolute Gasteiger partial charge is 0.477 e. The molecule has 2 aromatic rings. The van der Waals surface area contributed by atoms with Crippen LogP contribution in [-0.4, -0.2) is 15.1 Å². The minimum atomic E-state index is -0.518. The molecule has 7 nitrogen and oxygen atoms in total. The molecule has 0 bridgehead atoms. The lowest BCUT2D eigenvalue weighted by Crippen LogP contribution is -1.99. The van der Waals surface area contributed by atoms with Crippen molar-refractivity contribution in [2.45, 2.75) is 6.61 Å². The summed E-state index contributed by atoms with van der Waals surface area (Å²) in [6.45, 7) is -0.0298. The van der Waals surface area contributed by atoms with Gasteiger partial charge in [0.05, 0.1) is 4.92 Å². The molecule has 0 spiro atoms. The molecule has 0 fully saturated rings. The summed E-state index contributed by atoms with van der Waals surface area (Å²) in [4.78, 5) is 10.3. The Bertz CT molecular complexity index is 592. The first-order valence-electron chi connectivity index (χ1n) is 4.57. The number of benzene rings is 1. The summed E-state index contributed by atoms with van der Waals surface area (Å²) in [5, 5.41) is 16.8. The zero-order valence-electron chi connectivity index (χ0n) is 8.45. The van der Waals surface area contributed by atoms with E-state index in [1.54, 1.807) is 12.1 Å². The number of aromatic nitrogens is 2. The standard InChI is InChI=1S/C9H7N3O4S/c13-12(14)6-3-1-2-4-7(6)15-5-8-10-11-9(17)16-8/h1-4H,5H2,(H,11,17). The smallest absolute Gasteiger partial charge is 0.310 e. The summed E-state index contributed by atoms with van der Waals surface area (Å²) in [6, 6.07) is 6.06. The van der Waals surface area contributed by atoms with Crippen molar-refractivity contribution in [2.24, 2.45) is 0 Å². The minimum Gasteiger partial charge on any atom is -0.477 e. The van der Waals surface area contributed by atoms with Crippen molar-refractivity contribution in [3.8, 4) is 5.75 Å². The first-order chi connectivity index (χ1) is 8.16. The van der Waals surface area contributed by atoms with E-state index in [9.17, 15) is 10.1 Å². The maximum absolute atomic E-state index is 10.7. The van der Waals surface area contributed by atoms with Gasteiger partial charge >= 0.3 is 5.69 Å². The molecule has 0 saturated heterocycles. The Morgan fingerprint density at radius 1 is 1.53 bits per heavy atom. The Morgan fingerprint density at radius 2 is 2.29 bits per heavy atom. The molecule has 0 aliphatic heterocycles. The molecule has 0 amide bonds. The van der Waals surface area contributed by atoms with Crippen LogP contribution < -0.4 is 4.74 Å². The van der Waals surface area contributed by atoms with Crippen LogP contribution in [0, 0.1) is 15.0 Å². The second kappa shape index (κ2) is 4.74. The van der Waals surface area contributed by atoms with Crippen LogP contribution in [0.5, 0.6) is 5.75 Å². The van der Waals surface area contributed by atoms with E-state index in [-0.39, 0.29) is 28.8 Å². The average molecular weight is 253 g/mol. The molecule has 0 saturated carbocycles. The molecule has 88 valence electrons. The summed E-state index contributed by atoms with van der Waals surface area (Å²) in [7, 11) is 0. The van der Waals surface area contributed by atoms with E-state index >= 15 is 0 Å². The third kappa shape index (κ3) is 2.67. The maximum atomic E-state index is 10.7. The number of hydrogen-bond donors (Lipinski definition) is 1. The first-order valence-corrected chi connectivity index (χ1v) is 4.98. The number of aromatic amines is 1. The van der Waals surface area contributed by atoms with Gasteiger partial charge in [-0.3, -0.25) is 10.1 Å². The molecule has 0 aliphatic rings. The lowest BCUT2D eigenvalue weighted by molar-refractivity contribution is -0.386. The first kappa shape index (κ1) is 11.3. The highest BCUT2D eigenvalue weighted by atomic mass is 32.1. The van der Waals surface area contributed by atoms with Gasteiger partial charge in [0.15, 0.2) is 12.4 Å². The van der Waals surface area contributed by atoms with E-state index in [4.69, 9.17) is 9.15 Å². The molecule has 1 aromatic heterocycles.